The Hall–Kier alpha value is -2.04. The minimum absolute atomic E-state index is 0.274. The predicted molar refractivity (Wildman–Crippen MR) is 86.4 cm³/mol. The molecule has 1 aromatic carbocycles. The first-order valence-corrected chi connectivity index (χ1v) is 7.34. The molecule has 0 radical (unpaired) electrons. The molecule has 0 bridgehead atoms. The van der Waals surface area contributed by atoms with Gasteiger partial charge in [0.15, 0.2) is 0 Å². The second-order valence-corrected chi connectivity index (χ2v) is 7.23. The first kappa shape index (κ1) is 18.0. The molecule has 2 N–H and O–H groups in total. The van der Waals surface area contributed by atoms with Gasteiger partial charge < -0.3 is 15.4 Å². The topological polar surface area (TPSA) is 67.4 Å². The van der Waals surface area contributed by atoms with E-state index in [-0.39, 0.29) is 11.4 Å². The third kappa shape index (κ3) is 6.61. The summed E-state index contributed by atoms with van der Waals surface area (Å²) in [5, 5.41) is 5.52. The van der Waals surface area contributed by atoms with Gasteiger partial charge in [-0.05, 0) is 47.1 Å². The molecule has 0 heterocycles. The summed E-state index contributed by atoms with van der Waals surface area (Å²) in [7, 11) is 0. The smallest absolute Gasteiger partial charge is 0.408 e. The molecule has 0 saturated heterocycles. The minimum atomic E-state index is -0.796. The first-order chi connectivity index (χ1) is 9.98. The summed E-state index contributed by atoms with van der Waals surface area (Å²) in [4.78, 5) is 24.5. The molecule has 1 aromatic rings. The highest BCUT2D eigenvalue weighted by Crippen LogP contribution is 2.16. The van der Waals surface area contributed by atoms with Crippen LogP contribution in [0.4, 0.5) is 4.79 Å². The van der Waals surface area contributed by atoms with Crippen LogP contribution in [0, 0.1) is 0 Å². The maximum Gasteiger partial charge on any atom is 0.408 e. The van der Waals surface area contributed by atoms with E-state index in [1.54, 1.807) is 32.9 Å². The molecule has 0 fully saturated rings. The van der Waals surface area contributed by atoms with Crippen molar-refractivity contribution in [3.63, 3.8) is 0 Å². The molecular formula is C17H26N2O3. The van der Waals surface area contributed by atoms with E-state index in [4.69, 9.17) is 4.74 Å². The Kier molecular flexibility index (Phi) is 5.58. The number of carbonyl (C=O) groups is 2. The van der Waals surface area contributed by atoms with E-state index in [9.17, 15) is 9.59 Å². The number of ether oxygens (including phenoxy) is 1. The number of carbonyl (C=O) groups excluding carboxylic acids is 2. The quantitative estimate of drug-likeness (QED) is 0.901. The van der Waals surface area contributed by atoms with Gasteiger partial charge in [0.05, 0.1) is 0 Å². The van der Waals surface area contributed by atoms with Gasteiger partial charge >= 0.3 is 6.09 Å². The van der Waals surface area contributed by atoms with E-state index < -0.39 is 17.7 Å². The van der Waals surface area contributed by atoms with Gasteiger partial charge in [-0.1, -0.05) is 30.3 Å². The van der Waals surface area contributed by atoms with Crippen LogP contribution in [0.3, 0.4) is 0 Å². The lowest BCUT2D eigenvalue weighted by Gasteiger charge is -2.27. The molecule has 0 aliphatic carbocycles. The van der Waals surface area contributed by atoms with E-state index in [1.807, 2.05) is 39.0 Å². The Morgan fingerprint density at radius 1 is 1.00 bits per heavy atom. The van der Waals surface area contributed by atoms with Gasteiger partial charge in [-0.15, -0.1) is 0 Å². The Bertz CT molecular complexity index is 513. The Balaban J connectivity index is 2.93. The van der Waals surface area contributed by atoms with Crippen molar-refractivity contribution in [2.75, 3.05) is 0 Å². The molecule has 1 atom stereocenters. The monoisotopic (exact) mass is 306 g/mol. The van der Waals surface area contributed by atoms with Gasteiger partial charge in [-0.25, -0.2) is 4.79 Å². The minimum Gasteiger partial charge on any atom is -0.444 e. The molecule has 0 spiro atoms. The van der Waals surface area contributed by atoms with Crippen molar-refractivity contribution < 1.29 is 14.3 Å². The van der Waals surface area contributed by atoms with Gasteiger partial charge in [0, 0.05) is 5.54 Å². The number of amides is 2. The zero-order valence-corrected chi connectivity index (χ0v) is 14.2. The molecule has 122 valence electrons. The highest BCUT2D eigenvalue weighted by Gasteiger charge is 2.27. The summed E-state index contributed by atoms with van der Waals surface area (Å²) >= 11 is 0. The third-order valence-electron chi connectivity index (χ3n) is 2.55. The van der Waals surface area contributed by atoms with Gasteiger partial charge in [-0.3, -0.25) is 4.79 Å². The number of benzene rings is 1. The van der Waals surface area contributed by atoms with Crippen molar-refractivity contribution in [3.8, 4) is 0 Å². The van der Waals surface area contributed by atoms with Crippen LogP contribution in [0.25, 0.3) is 0 Å². The average molecular weight is 306 g/mol. The zero-order valence-electron chi connectivity index (χ0n) is 14.2. The molecule has 1 rings (SSSR count). The van der Waals surface area contributed by atoms with Gasteiger partial charge in [0.25, 0.3) is 0 Å². The standard InChI is InChI=1S/C17H26N2O3/c1-16(2,3)19-14(20)13(12-10-8-7-9-11-12)18-15(21)22-17(4,5)6/h7-11,13H,1-6H3,(H,18,21)(H,19,20). The summed E-state index contributed by atoms with van der Waals surface area (Å²) in [5.74, 6) is -0.274. The Morgan fingerprint density at radius 2 is 1.55 bits per heavy atom. The van der Waals surface area contributed by atoms with Gasteiger partial charge in [0.1, 0.15) is 11.6 Å². The fraction of sp³-hybridized carbons (Fsp3) is 0.529. The molecular weight excluding hydrogens is 280 g/mol. The zero-order chi connectivity index (χ0) is 17.0. The van der Waals surface area contributed by atoms with Crippen molar-refractivity contribution in [1.29, 1.82) is 0 Å². The van der Waals surface area contributed by atoms with Crippen LogP contribution in [-0.4, -0.2) is 23.1 Å². The predicted octanol–water partition coefficient (Wildman–Crippen LogP) is 3.17. The summed E-state index contributed by atoms with van der Waals surface area (Å²) < 4.78 is 5.24. The fourth-order valence-electron chi connectivity index (χ4n) is 1.81. The van der Waals surface area contributed by atoms with E-state index in [0.717, 1.165) is 0 Å². The second-order valence-electron chi connectivity index (χ2n) is 7.23. The van der Waals surface area contributed by atoms with Crippen LogP contribution in [0.15, 0.2) is 30.3 Å². The molecule has 0 aromatic heterocycles. The molecule has 5 heteroatoms. The lowest BCUT2D eigenvalue weighted by Crippen LogP contribution is -2.48. The average Bonchev–Trinajstić information content (AvgIpc) is 2.32. The maximum absolute atomic E-state index is 12.5. The summed E-state index contributed by atoms with van der Waals surface area (Å²) in [6.45, 7) is 11.0. The number of rotatable bonds is 3. The fourth-order valence-corrected chi connectivity index (χ4v) is 1.81. The number of hydrogen-bond acceptors (Lipinski definition) is 3. The van der Waals surface area contributed by atoms with Crippen LogP contribution in [0.5, 0.6) is 0 Å². The van der Waals surface area contributed by atoms with Crippen molar-refractivity contribution in [3.05, 3.63) is 35.9 Å². The van der Waals surface area contributed by atoms with Crippen molar-refractivity contribution in [1.82, 2.24) is 10.6 Å². The molecule has 2 amide bonds. The third-order valence-corrected chi connectivity index (χ3v) is 2.55. The summed E-state index contributed by atoms with van der Waals surface area (Å²) in [6, 6.07) is 8.30. The van der Waals surface area contributed by atoms with Crippen molar-refractivity contribution in [2.24, 2.45) is 0 Å². The lowest BCUT2D eigenvalue weighted by molar-refractivity contribution is -0.124. The van der Waals surface area contributed by atoms with E-state index in [2.05, 4.69) is 10.6 Å². The number of nitrogens with one attached hydrogen (secondary N) is 2. The maximum atomic E-state index is 12.5. The van der Waals surface area contributed by atoms with Crippen molar-refractivity contribution in [2.45, 2.75) is 58.7 Å². The van der Waals surface area contributed by atoms with E-state index in [1.165, 1.54) is 0 Å². The molecule has 1 unspecified atom stereocenters. The normalized spacial score (nSPS) is 13.2. The first-order valence-electron chi connectivity index (χ1n) is 7.34. The molecule has 0 aliphatic heterocycles. The Morgan fingerprint density at radius 3 is 2.00 bits per heavy atom. The van der Waals surface area contributed by atoms with Crippen LogP contribution < -0.4 is 10.6 Å². The highest BCUT2D eigenvalue weighted by molar-refractivity contribution is 5.87. The number of hydrogen-bond donors (Lipinski definition) is 2. The largest absolute Gasteiger partial charge is 0.444 e. The van der Waals surface area contributed by atoms with E-state index in [0.29, 0.717) is 5.56 Å². The summed E-state index contributed by atoms with van der Waals surface area (Å²) in [5.41, 5.74) is -0.305. The second kappa shape index (κ2) is 6.81. The van der Waals surface area contributed by atoms with Gasteiger partial charge in [-0.2, -0.15) is 0 Å². The molecule has 0 aliphatic rings. The highest BCUT2D eigenvalue weighted by atomic mass is 16.6. The number of alkyl carbamates (subject to hydrolysis) is 1. The summed E-state index contributed by atoms with van der Waals surface area (Å²) in [6.07, 6.45) is -0.620. The van der Waals surface area contributed by atoms with E-state index >= 15 is 0 Å². The molecule has 5 nitrogen and oxygen atoms in total. The Labute approximate surface area is 132 Å². The van der Waals surface area contributed by atoms with Crippen LogP contribution in [0.1, 0.15) is 53.1 Å². The van der Waals surface area contributed by atoms with Crippen molar-refractivity contribution >= 4 is 12.0 Å². The van der Waals surface area contributed by atoms with Crippen LogP contribution >= 0.6 is 0 Å². The molecule has 0 saturated carbocycles. The van der Waals surface area contributed by atoms with Crippen LogP contribution in [0.2, 0.25) is 0 Å². The van der Waals surface area contributed by atoms with Crippen LogP contribution in [-0.2, 0) is 9.53 Å². The van der Waals surface area contributed by atoms with Gasteiger partial charge in [0.2, 0.25) is 5.91 Å². The molecule has 22 heavy (non-hydrogen) atoms. The lowest BCUT2D eigenvalue weighted by atomic mass is 10.0. The SMILES string of the molecule is CC(C)(C)NC(=O)C(NC(=O)OC(C)(C)C)c1ccccc1.